The topological polar surface area (TPSA) is 41.6 Å². The Morgan fingerprint density at radius 3 is 2.79 bits per heavy atom. The zero-order valence-electron chi connectivity index (χ0n) is 14.3. The first kappa shape index (κ1) is 16.4. The number of hydrogen-bond donors (Lipinski definition) is 1. The molecule has 1 heterocycles. The highest BCUT2D eigenvalue weighted by atomic mass is 16.5. The lowest BCUT2D eigenvalue weighted by atomic mass is 10.0. The van der Waals surface area contributed by atoms with Crippen LogP contribution in [0, 0.1) is 6.92 Å². The molecule has 24 heavy (non-hydrogen) atoms. The third kappa shape index (κ3) is 3.70. The maximum Gasteiger partial charge on any atom is 0.318 e. The van der Waals surface area contributed by atoms with E-state index in [2.05, 4.69) is 36.5 Å². The van der Waals surface area contributed by atoms with Crippen molar-refractivity contribution in [2.24, 2.45) is 0 Å². The van der Waals surface area contributed by atoms with Gasteiger partial charge in [0, 0.05) is 13.1 Å². The summed E-state index contributed by atoms with van der Waals surface area (Å²) in [4.78, 5) is 14.6. The first-order chi connectivity index (χ1) is 11.7. The molecule has 1 fully saturated rings. The van der Waals surface area contributed by atoms with E-state index in [0.717, 1.165) is 30.7 Å². The Morgan fingerprint density at radius 1 is 1.25 bits per heavy atom. The number of nitrogens with zero attached hydrogens (tertiary/aromatic N) is 1. The Labute approximate surface area is 143 Å². The van der Waals surface area contributed by atoms with Crippen molar-refractivity contribution < 1.29 is 9.53 Å². The largest absolute Gasteiger partial charge is 0.497 e. The van der Waals surface area contributed by atoms with Gasteiger partial charge >= 0.3 is 6.03 Å². The lowest BCUT2D eigenvalue weighted by Gasteiger charge is -2.25. The first-order valence-corrected chi connectivity index (χ1v) is 8.41. The van der Waals surface area contributed by atoms with Gasteiger partial charge in [-0.25, -0.2) is 4.79 Å². The molecule has 0 spiro atoms. The summed E-state index contributed by atoms with van der Waals surface area (Å²) in [7, 11) is 1.65. The van der Waals surface area contributed by atoms with Gasteiger partial charge in [-0.15, -0.1) is 0 Å². The maximum absolute atomic E-state index is 12.6. The van der Waals surface area contributed by atoms with Crippen LogP contribution in [0.2, 0.25) is 0 Å². The number of urea groups is 1. The summed E-state index contributed by atoms with van der Waals surface area (Å²) in [5.74, 6) is 0.806. The number of nitrogens with one attached hydrogen (secondary N) is 1. The zero-order chi connectivity index (χ0) is 16.9. The summed E-state index contributed by atoms with van der Waals surface area (Å²) in [5.41, 5.74) is 3.49. The van der Waals surface area contributed by atoms with E-state index < -0.39 is 0 Å². The molecule has 1 saturated heterocycles. The normalized spacial score (nSPS) is 16.9. The van der Waals surface area contributed by atoms with E-state index in [9.17, 15) is 4.79 Å². The van der Waals surface area contributed by atoms with Crippen LogP contribution in [0.5, 0.6) is 5.75 Å². The summed E-state index contributed by atoms with van der Waals surface area (Å²) >= 11 is 0. The molecule has 0 saturated carbocycles. The lowest BCUT2D eigenvalue weighted by Crippen LogP contribution is -2.39. The highest BCUT2D eigenvalue weighted by molar-refractivity contribution is 5.75. The fourth-order valence-electron chi connectivity index (χ4n) is 3.21. The molecule has 1 aliphatic heterocycles. The lowest BCUT2D eigenvalue weighted by molar-refractivity contribution is 0.192. The van der Waals surface area contributed by atoms with Gasteiger partial charge in [0.25, 0.3) is 0 Å². The molecule has 0 bridgehead atoms. The average Bonchev–Trinajstić information content (AvgIpc) is 3.10. The van der Waals surface area contributed by atoms with Crippen molar-refractivity contribution in [3.63, 3.8) is 0 Å². The van der Waals surface area contributed by atoms with Crippen molar-refractivity contribution in [3.05, 3.63) is 65.2 Å². The van der Waals surface area contributed by atoms with Gasteiger partial charge in [0.05, 0.1) is 13.2 Å². The molecule has 0 unspecified atom stereocenters. The summed E-state index contributed by atoms with van der Waals surface area (Å²) in [6.45, 7) is 3.40. The summed E-state index contributed by atoms with van der Waals surface area (Å²) in [5, 5.41) is 3.03. The molecule has 0 aromatic heterocycles. The second kappa shape index (κ2) is 7.39. The third-order valence-corrected chi connectivity index (χ3v) is 4.55. The quantitative estimate of drug-likeness (QED) is 0.922. The van der Waals surface area contributed by atoms with Crippen molar-refractivity contribution >= 4 is 6.03 Å². The van der Waals surface area contributed by atoms with E-state index in [1.807, 2.05) is 29.2 Å². The number of likely N-dealkylation sites (tertiary alicyclic amines) is 1. The van der Waals surface area contributed by atoms with Gasteiger partial charge < -0.3 is 15.0 Å². The Bertz CT molecular complexity index is 697. The molecule has 1 N–H and O–H groups in total. The number of hydrogen-bond acceptors (Lipinski definition) is 2. The minimum absolute atomic E-state index is 0.000829. The third-order valence-electron chi connectivity index (χ3n) is 4.55. The van der Waals surface area contributed by atoms with Crippen LogP contribution in [0.25, 0.3) is 0 Å². The van der Waals surface area contributed by atoms with Crippen molar-refractivity contribution in [1.29, 1.82) is 0 Å². The predicted molar refractivity (Wildman–Crippen MR) is 95.1 cm³/mol. The number of rotatable bonds is 4. The zero-order valence-corrected chi connectivity index (χ0v) is 14.3. The van der Waals surface area contributed by atoms with E-state index in [1.165, 1.54) is 11.1 Å². The molecule has 1 aliphatic rings. The molecule has 126 valence electrons. The standard InChI is InChI=1S/C20H24N2O2/c1-15-8-10-17(11-9-15)19-7-4-12-22(19)20(23)21-14-16-5-3-6-18(13-16)24-2/h3,5-6,8-11,13,19H,4,7,12,14H2,1-2H3,(H,21,23)/t19-/m0/s1. The van der Waals surface area contributed by atoms with Gasteiger partial charge in [-0.2, -0.15) is 0 Å². The number of amides is 2. The van der Waals surface area contributed by atoms with Crippen LogP contribution in [0.3, 0.4) is 0 Å². The second-order valence-corrected chi connectivity index (χ2v) is 6.27. The number of benzene rings is 2. The minimum Gasteiger partial charge on any atom is -0.497 e. The Morgan fingerprint density at radius 2 is 2.04 bits per heavy atom. The first-order valence-electron chi connectivity index (χ1n) is 8.41. The van der Waals surface area contributed by atoms with Crippen LogP contribution < -0.4 is 10.1 Å². The molecule has 3 rings (SSSR count). The van der Waals surface area contributed by atoms with Gasteiger partial charge in [-0.1, -0.05) is 42.0 Å². The van der Waals surface area contributed by atoms with Crippen molar-refractivity contribution in [2.75, 3.05) is 13.7 Å². The van der Waals surface area contributed by atoms with Gasteiger partial charge in [0.1, 0.15) is 5.75 Å². The second-order valence-electron chi connectivity index (χ2n) is 6.27. The Kier molecular flexibility index (Phi) is 5.04. The highest BCUT2D eigenvalue weighted by Gasteiger charge is 2.29. The molecule has 4 heteroatoms. The number of carbonyl (C=O) groups is 1. The minimum atomic E-state index is 0.000829. The number of aryl methyl sites for hydroxylation is 1. The summed E-state index contributed by atoms with van der Waals surface area (Å²) < 4.78 is 5.22. The fraction of sp³-hybridized carbons (Fsp3) is 0.350. The van der Waals surface area contributed by atoms with Gasteiger partial charge in [0.2, 0.25) is 0 Å². The van der Waals surface area contributed by atoms with E-state index in [1.54, 1.807) is 7.11 Å². The van der Waals surface area contributed by atoms with Crippen LogP contribution in [0.4, 0.5) is 4.79 Å². The molecule has 0 aliphatic carbocycles. The predicted octanol–water partition coefficient (Wildman–Crippen LogP) is 4.05. The van der Waals surface area contributed by atoms with Gasteiger partial charge in [-0.3, -0.25) is 0 Å². The maximum atomic E-state index is 12.6. The molecule has 4 nitrogen and oxygen atoms in total. The Hall–Kier alpha value is -2.49. The molecule has 1 atom stereocenters. The SMILES string of the molecule is COc1cccc(CNC(=O)N2CCC[C@H]2c2ccc(C)cc2)c1. The fourth-order valence-corrected chi connectivity index (χ4v) is 3.21. The average molecular weight is 324 g/mol. The van der Waals surface area contributed by atoms with Crippen molar-refractivity contribution in [3.8, 4) is 5.75 Å². The van der Waals surface area contributed by atoms with Crippen molar-refractivity contribution in [2.45, 2.75) is 32.4 Å². The van der Waals surface area contributed by atoms with E-state index >= 15 is 0 Å². The van der Waals surface area contributed by atoms with Crippen molar-refractivity contribution in [1.82, 2.24) is 10.2 Å². The summed E-state index contributed by atoms with van der Waals surface area (Å²) in [6, 6.07) is 16.4. The molecule has 2 aromatic rings. The smallest absolute Gasteiger partial charge is 0.318 e. The van der Waals surface area contributed by atoms with Crippen LogP contribution in [0.15, 0.2) is 48.5 Å². The van der Waals surface area contributed by atoms with E-state index in [-0.39, 0.29) is 12.1 Å². The molecular weight excluding hydrogens is 300 g/mol. The van der Waals surface area contributed by atoms with Crippen LogP contribution in [-0.4, -0.2) is 24.6 Å². The molecule has 0 radical (unpaired) electrons. The molecule has 2 amide bonds. The molecular formula is C20H24N2O2. The van der Waals surface area contributed by atoms with Crippen LogP contribution in [0.1, 0.15) is 35.6 Å². The summed E-state index contributed by atoms with van der Waals surface area (Å²) in [6.07, 6.45) is 2.07. The number of methoxy groups -OCH3 is 1. The molecule has 2 aromatic carbocycles. The Balaban J connectivity index is 1.64. The van der Waals surface area contributed by atoms with E-state index in [0.29, 0.717) is 6.54 Å². The number of carbonyl (C=O) groups excluding carboxylic acids is 1. The monoisotopic (exact) mass is 324 g/mol. The van der Waals surface area contributed by atoms with Gasteiger partial charge in [0.15, 0.2) is 0 Å². The highest BCUT2D eigenvalue weighted by Crippen LogP contribution is 2.32. The van der Waals surface area contributed by atoms with Crippen LogP contribution >= 0.6 is 0 Å². The van der Waals surface area contributed by atoms with E-state index in [4.69, 9.17) is 4.74 Å². The van der Waals surface area contributed by atoms with Crippen LogP contribution in [-0.2, 0) is 6.54 Å². The van der Waals surface area contributed by atoms with Gasteiger partial charge in [-0.05, 0) is 43.0 Å². The number of ether oxygens (including phenoxy) is 1.